The molecule has 0 unspecified atom stereocenters. The van der Waals surface area contributed by atoms with Crippen molar-refractivity contribution in [3.05, 3.63) is 78.5 Å². The number of imidazole rings is 1. The van der Waals surface area contributed by atoms with Crippen LogP contribution in [0.5, 0.6) is 0 Å². The van der Waals surface area contributed by atoms with E-state index >= 15 is 0 Å². The van der Waals surface area contributed by atoms with E-state index in [0.29, 0.717) is 31.0 Å². The number of carbonyl (C=O) groups is 1. The molecule has 2 N–H and O–H groups in total. The summed E-state index contributed by atoms with van der Waals surface area (Å²) in [5, 5.41) is 0. The van der Waals surface area contributed by atoms with Crippen molar-refractivity contribution in [2.75, 3.05) is 19.6 Å². The quantitative estimate of drug-likeness (QED) is 0.704. The highest BCUT2D eigenvalue weighted by Crippen LogP contribution is 2.32. The Labute approximate surface area is 176 Å². The molecular formula is C20H23Cl2N5O. The fourth-order valence-corrected chi connectivity index (χ4v) is 3.62. The minimum Gasteiger partial charge on any atom is -0.338 e. The van der Waals surface area contributed by atoms with E-state index in [2.05, 4.69) is 22.1 Å². The van der Waals surface area contributed by atoms with Crippen LogP contribution >= 0.6 is 24.8 Å². The SMILES string of the molecule is Cl.Cl.NC[C@@H]1CN(C(=O)c2ccnc(-n3ccnc3)c2)C[C@H]1c1ccccc1. The van der Waals surface area contributed by atoms with Crippen LogP contribution in [0.25, 0.3) is 5.82 Å². The first-order chi connectivity index (χ1) is 12.8. The maximum absolute atomic E-state index is 13.0. The van der Waals surface area contributed by atoms with Crippen molar-refractivity contribution < 1.29 is 4.79 Å². The highest BCUT2D eigenvalue weighted by Gasteiger charge is 2.35. The van der Waals surface area contributed by atoms with Gasteiger partial charge in [-0.25, -0.2) is 9.97 Å². The van der Waals surface area contributed by atoms with E-state index in [1.54, 1.807) is 35.4 Å². The molecule has 0 radical (unpaired) electrons. The zero-order valence-corrected chi connectivity index (χ0v) is 16.9. The highest BCUT2D eigenvalue weighted by molar-refractivity contribution is 5.94. The van der Waals surface area contributed by atoms with Crippen LogP contribution in [0.4, 0.5) is 0 Å². The van der Waals surface area contributed by atoms with Crippen LogP contribution in [0, 0.1) is 5.92 Å². The Bertz CT molecular complexity index is 889. The van der Waals surface area contributed by atoms with E-state index in [4.69, 9.17) is 5.73 Å². The van der Waals surface area contributed by atoms with Crippen LogP contribution in [0.3, 0.4) is 0 Å². The van der Waals surface area contributed by atoms with Gasteiger partial charge in [-0.2, -0.15) is 0 Å². The van der Waals surface area contributed by atoms with Crippen molar-refractivity contribution >= 4 is 30.7 Å². The average Bonchev–Trinajstić information content (AvgIpc) is 3.38. The van der Waals surface area contributed by atoms with Gasteiger partial charge in [0, 0.05) is 43.2 Å². The second-order valence-electron chi connectivity index (χ2n) is 6.60. The van der Waals surface area contributed by atoms with E-state index < -0.39 is 0 Å². The van der Waals surface area contributed by atoms with Crippen LogP contribution < -0.4 is 5.73 Å². The van der Waals surface area contributed by atoms with E-state index in [1.165, 1.54) is 5.56 Å². The standard InChI is InChI=1S/C20H21N5O.2ClH/c21-11-17-12-25(13-18(17)15-4-2-1-3-5-15)20(26)16-6-7-23-19(10-16)24-9-8-22-14-24;;/h1-10,14,17-18H,11-13,21H2;2*1H/t17-,18+;;/m1../s1. The predicted molar refractivity (Wildman–Crippen MR) is 113 cm³/mol. The number of likely N-dealkylation sites (tertiary alicyclic amines) is 1. The number of benzene rings is 1. The van der Waals surface area contributed by atoms with Crippen LogP contribution in [-0.2, 0) is 0 Å². The van der Waals surface area contributed by atoms with Crippen molar-refractivity contribution in [1.29, 1.82) is 0 Å². The molecule has 1 fully saturated rings. The van der Waals surface area contributed by atoms with E-state index in [0.717, 1.165) is 0 Å². The van der Waals surface area contributed by atoms with Crippen LogP contribution in [0.1, 0.15) is 21.8 Å². The van der Waals surface area contributed by atoms with Crippen LogP contribution in [0.15, 0.2) is 67.4 Å². The van der Waals surface area contributed by atoms with Gasteiger partial charge in [0.25, 0.3) is 5.91 Å². The number of hydrogen-bond acceptors (Lipinski definition) is 4. The van der Waals surface area contributed by atoms with Crippen LogP contribution in [-0.4, -0.2) is 45.0 Å². The lowest BCUT2D eigenvalue weighted by Crippen LogP contribution is -2.30. The van der Waals surface area contributed by atoms with Gasteiger partial charge in [0.2, 0.25) is 0 Å². The molecular weight excluding hydrogens is 397 g/mol. The number of hydrogen-bond donors (Lipinski definition) is 1. The zero-order chi connectivity index (χ0) is 17.9. The monoisotopic (exact) mass is 419 g/mol. The van der Waals surface area contributed by atoms with Gasteiger partial charge in [-0.3, -0.25) is 9.36 Å². The minimum atomic E-state index is 0. The van der Waals surface area contributed by atoms with Gasteiger partial charge < -0.3 is 10.6 Å². The molecule has 3 heterocycles. The zero-order valence-electron chi connectivity index (χ0n) is 15.2. The summed E-state index contributed by atoms with van der Waals surface area (Å²) in [6.07, 6.45) is 6.82. The van der Waals surface area contributed by atoms with Crippen molar-refractivity contribution in [3.8, 4) is 5.82 Å². The summed E-state index contributed by atoms with van der Waals surface area (Å²) in [4.78, 5) is 23.3. The lowest BCUT2D eigenvalue weighted by Gasteiger charge is -2.17. The van der Waals surface area contributed by atoms with Gasteiger partial charge in [-0.05, 0) is 30.2 Å². The fourth-order valence-electron chi connectivity index (χ4n) is 3.62. The summed E-state index contributed by atoms with van der Waals surface area (Å²) < 4.78 is 1.79. The second-order valence-corrected chi connectivity index (χ2v) is 6.60. The lowest BCUT2D eigenvalue weighted by molar-refractivity contribution is 0.0786. The van der Waals surface area contributed by atoms with Gasteiger partial charge in [0.05, 0.1) is 0 Å². The molecule has 1 amide bonds. The molecule has 2 aromatic heterocycles. The molecule has 1 aliphatic heterocycles. The number of carbonyl (C=O) groups excluding carboxylic acids is 1. The molecule has 1 aromatic carbocycles. The Hall–Kier alpha value is -2.41. The number of halogens is 2. The van der Waals surface area contributed by atoms with E-state index in [9.17, 15) is 4.79 Å². The molecule has 28 heavy (non-hydrogen) atoms. The topological polar surface area (TPSA) is 77.0 Å². The highest BCUT2D eigenvalue weighted by atomic mass is 35.5. The summed E-state index contributed by atoms with van der Waals surface area (Å²) in [7, 11) is 0. The van der Waals surface area contributed by atoms with Gasteiger partial charge in [-0.15, -0.1) is 24.8 Å². The predicted octanol–water partition coefficient (Wildman–Crippen LogP) is 2.93. The number of nitrogens with two attached hydrogens (primary N) is 1. The molecule has 148 valence electrons. The third-order valence-corrected chi connectivity index (χ3v) is 5.02. The van der Waals surface area contributed by atoms with Crippen molar-refractivity contribution in [2.45, 2.75) is 5.92 Å². The summed E-state index contributed by atoms with van der Waals surface area (Å²) in [6, 6.07) is 13.9. The van der Waals surface area contributed by atoms with Gasteiger partial charge in [-0.1, -0.05) is 30.3 Å². The Balaban J connectivity index is 0.00000140. The first kappa shape index (κ1) is 21.9. The summed E-state index contributed by atoms with van der Waals surface area (Å²) in [6.45, 7) is 1.94. The first-order valence-corrected chi connectivity index (χ1v) is 8.75. The molecule has 4 rings (SSSR count). The normalized spacial score (nSPS) is 18.2. The largest absolute Gasteiger partial charge is 0.338 e. The molecule has 6 nitrogen and oxygen atoms in total. The maximum atomic E-state index is 13.0. The summed E-state index contributed by atoms with van der Waals surface area (Å²) in [5.74, 6) is 1.25. The first-order valence-electron chi connectivity index (χ1n) is 8.75. The minimum absolute atomic E-state index is 0. The fraction of sp³-hybridized carbons (Fsp3) is 0.250. The molecule has 0 spiro atoms. The van der Waals surface area contributed by atoms with E-state index in [1.807, 2.05) is 29.3 Å². The molecule has 8 heteroatoms. The van der Waals surface area contributed by atoms with Crippen LogP contribution in [0.2, 0.25) is 0 Å². The Kier molecular flexibility index (Phi) is 7.57. The third-order valence-electron chi connectivity index (χ3n) is 5.02. The number of rotatable bonds is 4. The summed E-state index contributed by atoms with van der Waals surface area (Å²) >= 11 is 0. The molecule has 0 aliphatic carbocycles. The smallest absolute Gasteiger partial charge is 0.254 e. The number of nitrogens with zero attached hydrogens (tertiary/aromatic N) is 4. The van der Waals surface area contributed by atoms with E-state index in [-0.39, 0.29) is 42.6 Å². The number of aromatic nitrogens is 3. The summed E-state index contributed by atoms with van der Waals surface area (Å²) in [5.41, 5.74) is 7.87. The van der Waals surface area contributed by atoms with Gasteiger partial charge in [0.1, 0.15) is 12.1 Å². The van der Waals surface area contributed by atoms with Crippen molar-refractivity contribution in [1.82, 2.24) is 19.4 Å². The molecule has 0 saturated carbocycles. The number of amides is 1. The maximum Gasteiger partial charge on any atom is 0.254 e. The Morgan fingerprint density at radius 3 is 2.57 bits per heavy atom. The number of pyridine rings is 1. The Morgan fingerprint density at radius 2 is 1.89 bits per heavy atom. The molecule has 1 saturated heterocycles. The van der Waals surface area contributed by atoms with Gasteiger partial charge in [0.15, 0.2) is 0 Å². The average molecular weight is 420 g/mol. The third kappa shape index (κ3) is 4.35. The van der Waals surface area contributed by atoms with Crippen molar-refractivity contribution in [3.63, 3.8) is 0 Å². The molecule has 3 aromatic rings. The van der Waals surface area contributed by atoms with Gasteiger partial charge >= 0.3 is 0 Å². The molecule has 1 aliphatic rings. The lowest BCUT2D eigenvalue weighted by atomic mass is 9.89. The molecule has 0 bridgehead atoms. The Morgan fingerprint density at radius 1 is 1.11 bits per heavy atom. The van der Waals surface area contributed by atoms with Crippen molar-refractivity contribution in [2.24, 2.45) is 11.7 Å². The molecule has 2 atom stereocenters. The second kappa shape index (κ2) is 9.68.